The highest BCUT2D eigenvalue weighted by atomic mass is 35.5. The molecule has 1 aromatic carbocycles. The van der Waals surface area contributed by atoms with Gasteiger partial charge in [-0.2, -0.15) is 0 Å². The molecule has 3 nitrogen and oxygen atoms in total. The minimum atomic E-state index is -0.290. The van der Waals surface area contributed by atoms with E-state index in [2.05, 4.69) is 4.98 Å². The van der Waals surface area contributed by atoms with Gasteiger partial charge in [0, 0.05) is 0 Å². The van der Waals surface area contributed by atoms with E-state index in [0.29, 0.717) is 10.5 Å². The smallest absolute Gasteiger partial charge is 0.267 e. The van der Waals surface area contributed by atoms with Crippen LogP contribution in [0.4, 0.5) is 0 Å². The maximum absolute atomic E-state index is 12.9. The molecule has 0 aliphatic heterocycles. The average molecular weight is 319 g/mol. The van der Waals surface area contributed by atoms with Crippen LogP contribution in [0.25, 0.3) is 15.9 Å². The average Bonchev–Trinajstić information content (AvgIpc) is 2.96. The molecule has 3 aromatic rings. The van der Waals surface area contributed by atoms with Crippen LogP contribution in [0, 0.1) is 6.92 Å². The van der Waals surface area contributed by atoms with E-state index in [4.69, 9.17) is 11.6 Å². The molecule has 0 saturated heterocycles. The number of nitrogens with zero attached hydrogens (tertiary/aromatic N) is 2. The standard InChI is InChI=1S/C16H15ClN2OS/c1-3-11(17)15-18-12-8-9-21-14(12)16(20)19(15)13-7-5-4-6-10(13)2/h4-9,11H,3H2,1-2H3. The van der Waals surface area contributed by atoms with Crippen LogP contribution in [0.5, 0.6) is 0 Å². The van der Waals surface area contributed by atoms with Crippen LogP contribution in [-0.2, 0) is 0 Å². The van der Waals surface area contributed by atoms with Gasteiger partial charge in [0.25, 0.3) is 5.56 Å². The third kappa shape index (κ3) is 2.39. The Bertz CT molecular complexity index is 853. The van der Waals surface area contributed by atoms with E-state index in [0.717, 1.165) is 23.2 Å². The van der Waals surface area contributed by atoms with Crippen molar-refractivity contribution in [3.8, 4) is 5.69 Å². The zero-order valence-electron chi connectivity index (χ0n) is 11.8. The maximum Gasteiger partial charge on any atom is 0.276 e. The monoisotopic (exact) mass is 318 g/mol. The number of thiophene rings is 1. The molecule has 0 aliphatic carbocycles. The molecule has 0 bridgehead atoms. The summed E-state index contributed by atoms with van der Waals surface area (Å²) < 4.78 is 2.33. The number of hydrogen-bond donors (Lipinski definition) is 0. The van der Waals surface area contributed by atoms with Crippen molar-refractivity contribution < 1.29 is 0 Å². The van der Waals surface area contributed by atoms with Gasteiger partial charge in [0.05, 0.1) is 16.6 Å². The number of hydrogen-bond acceptors (Lipinski definition) is 3. The van der Waals surface area contributed by atoms with Crippen LogP contribution in [0.3, 0.4) is 0 Å². The topological polar surface area (TPSA) is 34.9 Å². The quantitative estimate of drug-likeness (QED) is 0.669. The summed E-state index contributed by atoms with van der Waals surface area (Å²) in [6.45, 7) is 3.98. The van der Waals surface area contributed by atoms with E-state index in [1.807, 2.05) is 49.6 Å². The van der Waals surface area contributed by atoms with Crippen LogP contribution in [-0.4, -0.2) is 9.55 Å². The molecule has 3 rings (SSSR count). The van der Waals surface area contributed by atoms with Crippen LogP contribution in [0.15, 0.2) is 40.5 Å². The minimum absolute atomic E-state index is 0.0431. The summed E-state index contributed by atoms with van der Waals surface area (Å²) in [5.74, 6) is 0.615. The number of alkyl halides is 1. The molecule has 0 fully saturated rings. The summed E-state index contributed by atoms with van der Waals surface area (Å²) >= 11 is 7.84. The van der Waals surface area contributed by atoms with Crippen LogP contribution in [0.2, 0.25) is 0 Å². The van der Waals surface area contributed by atoms with E-state index >= 15 is 0 Å². The molecule has 1 unspecified atom stereocenters. The largest absolute Gasteiger partial charge is 0.276 e. The first-order valence-electron chi connectivity index (χ1n) is 6.83. The fourth-order valence-electron chi connectivity index (χ4n) is 2.37. The van der Waals surface area contributed by atoms with Crippen molar-refractivity contribution in [2.24, 2.45) is 0 Å². The van der Waals surface area contributed by atoms with Crippen molar-refractivity contribution in [3.63, 3.8) is 0 Å². The first-order valence-corrected chi connectivity index (χ1v) is 8.15. The Morgan fingerprint density at radius 2 is 2.10 bits per heavy atom. The van der Waals surface area contributed by atoms with Crippen molar-refractivity contribution >= 4 is 33.2 Å². The van der Waals surface area contributed by atoms with E-state index in [9.17, 15) is 4.79 Å². The lowest BCUT2D eigenvalue weighted by atomic mass is 10.2. The highest BCUT2D eigenvalue weighted by molar-refractivity contribution is 7.17. The summed E-state index contributed by atoms with van der Waals surface area (Å²) in [5, 5.41) is 1.60. The molecule has 0 spiro atoms. The lowest BCUT2D eigenvalue weighted by molar-refractivity contribution is 0.750. The minimum Gasteiger partial charge on any atom is -0.267 e. The Balaban J connectivity index is 2.41. The number of aryl methyl sites for hydroxylation is 1. The van der Waals surface area contributed by atoms with Gasteiger partial charge in [-0.05, 0) is 36.4 Å². The zero-order valence-corrected chi connectivity index (χ0v) is 13.4. The first-order chi connectivity index (χ1) is 10.1. The highest BCUT2D eigenvalue weighted by Gasteiger charge is 2.19. The molecule has 0 N–H and O–H groups in total. The Kier molecular flexibility index (Phi) is 3.83. The number of para-hydroxylation sites is 1. The van der Waals surface area contributed by atoms with E-state index < -0.39 is 0 Å². The molecular weight excluding hydrogens is 304 g/mol. The molecule has 2 heterocycles. The zero-order chi connectivity index (χ0) is 15.0. The molecular formula is C16H15ClN2OS. The van der Waals surface area contributed by atoms with Gasteiger partial charge in [0.15, 0.2) is 0 Å². The second-order valence-electron chi connectivity index (χ2n) is 4.91. The molecule has 108 valence electrons. The van der Waals surface area contributed by atoms with E-state index in [-0.39, 0.29) is 10.9 Å². The number of benzene rings is 1. The van der Waals surface area contributed by atoms with Crippen LogP contribution in [0.1, 0.15) is 30.1 Å². The van der Waals surface area contributed by atoms with Gasteiger partial charge in [-0.25, -0.2) is 4.98 Å². The van der Waals surface area contributed by atoms with Gasteiger partial charge in [0.1, 0.15) is 10.5 Å². The fourth-order valence-corrected chi connectivity index (χ4v) is 3.28. The first kappa shape index (κ1) is 14.3. The highest BCUT2D eigenvalue weighted by Crippen LogP contribution is 2.27. The van der Waals surface area contributed by atoms with E-state index in [1.54, 1.807) is 4.57 Å². The van der Waals surface area contributed by atoms with Gasteiger partial charge in [-0.3, -0.25) is 9.36 Å². The number of rotatable bonds is 3. The summed E-state index contributed by atoms with van der Waals surface area (Å²) in [7, 11) is 0. The fraction of sp³-hybridized carbons (Fsp3) is 0.250. The van der Waals surface area contributed by atoms with Gasteiger partial charge in [-0.15, -0.1) is 22.9 Å². The van der Waals surface area contributed by atoms with Crippen molar-refractivity contribution in [2.75, 3.05) is 0 Å². The van der Waals surface area contributed by atoms with Crippen molar-refractivity contribution in [1.82, 2.24) is 9.55 Å². The predicted molar refractivity (Wildman–Crippen MR) is 88.8 cm³/mol. The summed E-state index contributed by atoms with van der Waals surface area (Å²) in [4.78, 5) is 17.5. The SMILES string of the molecule is CCC(Cl)c1nc2ccsc2c(=O)n1-c1ccccc1C. The summed E-state index contributed by atoms with van der Waals surface area (Å²) in [5.41, 5.74) is 2.56. The normalized spacial score (nSPS) is 12.7. The lowest BCUT2D eigenvalue weighted by Crippen LogP contribution is -2.24. The van der Waals surface area contributed by atoms with Crippen molar-refractivity contribution in [3.05, 3.63) is 57.5 Å². The van der Waals surface area contributed by atoms with Crippen molar-refractivity contribution in [1.29, 1.82) is 0 Å². The van der Waals surface area contributed by atoms with Crippen LogP contribution >= 0.6 is 22.9 Å². The molecule has 2 aromatic heterocycles. The van der Waals surface area contributed by atoms with Gasteiger partial charge >= 0.3 is 0 Å². The van der Waals surface area contributed by atoms with Crippen LogP contribution < -0.4 is 5.56 Å². The summed E-state index contributed by atoms with van der Waals surface area (Å²) in [6, 6.07) is 9.66. The molecule has 0 radical (unpaired) electrons. The second kappa shape index (κ2) is 5.62. The third-order valence-corrected chi connectivity index (χ3v) is 4.90. The number of fused-ring (bicyclic) bond motifs is 1. The number of aromatic nitrogens is 2. The maximum atomic E-state index is 12.9. The second-order valence-corrected chi connectivity index (χ2v) is 6.35. The van der Waals surface area contributed by atoms with Gasteiger partial charge < -0.3 is 0 Å². The Morgan fingerprint density at radius 1 is 1.33 bits per heavy atom. The Morgan fingerprint density at radius 3 is 2.81 bits per heavy atom. The van der Waals surface area contributed by atoms with E-state index in [1.165, 1.54) is 11.3 Å². The third-order valence-electron chi connectivity index (χ3n) is 3.50. The van der Waals surface area contributed by atoms with Gasteiger partial charge in [-0.1, -0.05) is 25.1 Å². The predicted octanol–water partition coefficient (Wildman–Crippen LogP) is 4.45. The summed E-state index contributed by atoms with van der Waals surface area (Å²) in [6.07, 6.45) is 0.718. The Hall–Kier alpha value is -1.65. The Labute approximate surface area is 131 Å². The van der Waals surface area contributed by atoms with Crippen molar-refractivity contribution in [2.45, 2.75) is 25.6 Å². The molecule has 21 heavy (non-hydrogen) atoms. The molecule has 0 amide bonds. The van der Waals surface area contributed by atoms with Gasteiger partial charge in [0.2, 0.25) is 0 Å². The number of halogens is 1. The molecule has 5 heteroatoms. The molecule has 1 atom stereocenters. The molecule has 0 aliphatic rings. The lowest BCUT2D eigenvalue weighted by Gasteiger charge is -2.16. The molecule has 0 saturated carbocycles.